The minimum Gasteiger partial charge on any atom is -0.308 e. The van der Waals surface area contributed by atoms with E-state index in [1.807, 2.05) is 13.8 Å². The Morgan fingerprint density at radius 2 is 2.13 bits per heavy atom. The van der Waals surface area contributed by atoms with Crippen LogP contribution < -0.4 is 11.3 Å². The van der Waals surface area contributed by atoms with Crippen LogP contribution in [0.25, 0.3) is 0 Å². The number of aliphatic imine (C=N–C) groups is 1. The van der Waals surface area contributed by atoms with Gasteiger partial charge in [-0.2, -0.15) is 0 Å². The molecule has 0 spiro atoms. The Morgan fingerprint density at radius 3 is 2.60 bits per heavy atom. The number of benzene rings is 1. The molecule has 15 heavy (non-hydrogen) atoms. The van der Waals surface area contributed by atoms with E-state index in [0.29, 0.717) is 17.0 Å². The number of rotatable bonds is 2. The zero-order valence-electron chi connectivity index (χ0n) is 9.21. The van der Waals surface area contributed by atoms with Crippen molar-refractivity contribution in [3.8, 4) is 0 Å². The predicted molar refractivity (Wildman–Crippen MR) is 60.1 cm³/mol. The van der Waals surface area contributed by atoms with Crippen LogP contribution in [0.1, 0.15) is 25.0 Å². The summed E-state index contributed by atoms with van der Waals surface area (Å²) in [5.74, 6) is 5.59. The van der Waals surface area contributed by atoms with Crippen LogP contribution >= 0.6 is 0 Å². The highest BCUT2D eigenvalue weighted by atomic mass is 19.1. The molecule has 0 aliphatic heterocycles. The fourth-order valence-electron chi connectivity index (χ4n) is 1.19. The second kappa shape index (κ2) is 4.89. The Hall–Kier alpha value is -1.42. The Morgan fingerprint density at radius 1 is 1.47 bits per heavy atom. The number of hydrogen-bond acceptors (Lipinski definition) is 2. The topological polar surface area (TPSA) is 50.4 Å². The van der Waals surface area contributed by atoms with Crippen molar-refractivity contribution >= 4 is 5.84 Å². The summed E-state index contributed by atoms with van der Waals surface area (Å²) < 4.78 is 13.3. The minimum atomic E-state index is -0.251. The molecule has 0 radical (unpaired) electrons. The average molecular weight is 209 g/mol. The summed E-state index contributed by atoms with van der Waals surface area (Å²) in [6.45, 7) is 5.58. The molecule has 4 heteroatoms. The largest absolute Gasteiger partial charge is 0.308 e. The lowest BCUT2D eigenvalue weighted by molar-refractivity contribution is 0.618. The Kier molecular flexibility index (Phi) is 3.80. The number of hydrogen-bond donors (Lipinski definition) is 2. The van der Waals surface area contributed by atoms with Gasteiger partial charge in [-0.3, -0.25) is 4.99 Å². The molecule has 0 atom stereocenters. The van der Waals surface area contributed by atoms with Crippen LogP contribution in [0.15, 0.2) is 23.2 Å². The number of hydrazine groups is 1. The summed E-state index contributed by atoms with van der Waals surface area (Å²) in [4.78, 5) is 4.25. The van der Waals surface area contributed by atoms with Gasteiger partial charge in [-0.25, -0.2) is 10.2 Å². The molecule has 3 nitrogen and oxygen atoms in total. The van der Waals surface area contributed by atoms with Crippen LogP contribution in [-0.2, 0) is 0 Å². The van der Waals surface area contributed by atoms with Crippen LogP contribution in [-0.4, -0.2) is 11.9 Å². The third-order valence-electron chi connectivity index (χ3n) is 1.97. The van der Waals surface area contributed by atoms with Crippen LogP contribution in [0.2, 0.25) is 0 Å². The second-order valence-electron chi connectivity index (χ2n) is 3.68. The molecule has 0 aromatic heterocycles. The second-order valence-corrected chi connectivity index (χ2v) is 3.68. The summed E-state index contributed by atoms with van der Waals surface area (Å²) in [7, 11) is 0. The van der Waals surface area contributed by atoms with Crippen LogP contribution in [0, 0.1) is 12.7 Å². The monoisotopic (exact) mass is 209 g/mol. The van der Waals surface area contributed by atoms with E-state index in [-0.39, 0.29) is 11.9 Å². The average Bonchev–Trinajstić information content (AvgIpc) is 2.18. The van der Waals surface area contributed by atoms with Crippen molar-refractivity contribution in [2.24, 2.45) is 10.8 Å². The first kappa shape index (κ1) is 11.7. The first-order valence-electron chi connectivity index (χ1n) is 4.85. The van der Waals surface area contributed by atoms with Gasteiger partial charge in [0.05, 0.1) is 0 Å². The molecule has 0 fully saturated rings. The third-order valence-corrected chi connectivity index (χ3v) is 1.97. The van der Waals surface area contributed by atoms with E-state index in [9.17, 15) is 4.39 Å². The lowest BCUT2D eigenvalue weighted by atomic mass is 10.1. The van der Waals surface area contributed by atoms with Crippen molar-refractivity contribution in [2.75, 3.05) is 0 Å². The number of halogens is 1. The SMILES string of the molecule is Cc1ccc(C(=NC(C)C)NN)cc1F. The molecular formula is C11H16FN3. The van der Waals surface area contributed by atoms with E-state index in [1.165, 1.54) is 6.07 Å². The molecule has 0 bridgehead atoms. The van der Waals surface area contributed by atoms with Crippen LogP contribution in [0.4, 0.5) is 4.39 Å². The van der Waals surface area contributed by atoms with Crippen LogP contribution in [0.5, 0.6) is 0 Å². The molecule has 0 saturated carbocycles. The molecule has 0 unspecified atom stereocenters. The predicted octanol–water partition coefficient (Wildman–Crippen LogP) is 1.75. The van der Waals surface area contributed by atoms with E-state index >= 15 is 0 Å². The lowest BCUT2D eigenvalue weighted by Crippen LogP contribution is -2.32. The standard InChI is InChI=1S/C11H16FN3/c1-7(2)14-11(15-13)9-5-4-8(3)10(12)6-9/h4-7H,13H2,1-3H3,(H,14,15). The normalized spacial score (nSPS) is 12.0. The summed E-state index contributed by atoms with van der Waals surface area (Å²) in [5, 5.41) is 0. The Balaban J connectivity index is 3.08. The molecule has 0 heterocycles. The molecule has 0 saturated heterocycles. The van der Waals surface area contributed by atoms with Gasteiger partial charge < -0.3 is 5.43 Å². The Labute approximate surface area is 89.2 Å². The zero-order valence-corrected chi connectivity index (χ0v) is 9.21. The summed E-state index contributed by atoms with van der Waals surface area (Å²) in [6, 6.07) is 5.04. The van der Waals surface area contributed by atoms with Gasteiger partial charge in [0.25, 0.3) is 0 Å². The highest BCUT2D eigenvalue weighted by molar-refractivity contribution is 5.98. The van der Waals surface area contributed by atoms with E-state index in [2.05, 4.69) is 10.4 Å². The molecule has 1 rings (SSSR count). The minimum absolute atomic E-state index is 0.111. The highest BCUT2D eigenvalue weighted by Gasteiger charge is 2.05. The summed E-state index contributed by atoms with van der Waals surface area (Å²) in [6.07, 6.45) is 0. The van der Waals surface area contributed by atoms with Crippen molar-refractivity contribution in [1.29, 1.82) is 0 Å². The van der Waals surface area contributed by atoms with E-state index in [4.69, 9.17) is 5.84 Å². The first-order valence-corrected chi connectivity index (χ1v) is 4.85. The van der Waals surface area contributed by atoms with Crippen molar-refractivity contribution in [1.82, 2.24) is 5.43 Å². The zero-order chi connectivity index (χ0) is 11.4. The van der Waals surface area contributed by atoms with E-state index in [0.717, 1.165) is 0 Å². The van der Waals surface area contributed by atoms with Gasteiger partial charge in [0.15, 0.2) is 0 Å². The van der Waals surface area contributed by atoms with E-state index in [1.54, 1.807) is 19.1 Å². The molecule has 0 amide bonds. The number of nitrogens with two attached hydrogens (primary N) is 1. The van der Waals surface area contributed by atoms with Crippen molar-refractivity contribution in [3.63, 3.8) is 0 Å². The van der Waals surface area contributed by atoms with Crippen molar-refractivity contribution < 1.29 is 4.39 Å². The maximum absolute atomic E-state index is 13.3. The highest BCUT2D eigenvalue weighted by Crippen LogP contribution is 2.09. The number of aryl methyl sites for hydroxylation is 1. The number of amidine groups is 1. The van der Waals surface area contributed by atoms with Gasteiger partial charge >= 0.3 is 0 Å². The van der Waals surface area contributed by atoms with Gasteiger partial charge in [0.2, 0.25) is 0 Å². The van der Waals surface area contributed by atoms with E-state index < -0.39 is 0 Å². The molecule has 1 aromatic carbocycles. The summed E-state index contributed by atoms with van der Waals surface area (Å²) in [5.41, 5.74) is 3.75. The maximum atomic E-state index is 13.3. The fraction of sp³-hybridized carbons (Fsp3) is 0.364. The van der Waals surface area contributed by atoms with Gasteiger partial charge in [0.1, 0.15) is 11.7 Å². The van der Waals surface area contributed by atoms with Crippen molar-refractivity contribution in [3.05, 3.63) is 35.1 Å². The first-order chi connectivity index (χ1) is 7.04. The fourth-order valence-corrected chi connectivity index (χ4v) is 1.19. The van der Waals surface area contributed by atoms with Gasteiger partial charge in [-0.1, -0.05) is 12.1 Å². The molecule has 82 valence electrons. The molecular weight excluding hydrogens is 193 g/mol. The molecule has 3 N–H and O–H groups in total. The number of nitrogens with one attached hydrogen (secondary N) is 1. The quantitative estimate of drug-likeness (QED) is 0.337. The molecule has 0 aliphatic rings. The lowest BCUT2D eigenvalue weighted by Gasteiger charge is -2.08. The smallest absolute Gasteiger partial charge is 0.142 e. The number of nitrogens with zero attached hydrogens (tertiary/aromatic N) is 1. The summed E-state index contributed by atoms with van der Waals surface area (Å²) >= 11 is 0. The third kappa shape index (κ3) is 3.02. The van der Waals surface area contributed by atoms with Crippen LogP contribution in [0.3, 0.4) is 0 Å². The molecule has 1 aromatic rings. The van der Waals surface area contributed by atoms with Gasteiger partial charge in [-0.15, -0.1) is 0 Å². The maximum Gasteiger partial charge on any atom is 0.142 e. The van der Waals surface area contributed by atoms with Gasteiger partial charge in [0, 0.05) is 11.6 Å². The van der Waals surface area contributed by atoms with Crippen molar-refractivity contribution in [2.45, 2.75) is 26.8 Å². The van der Waals surface area contributed by atoms with Gasteiger partial charge in [-0.05, 0) is 32.4 Å². The molecule has 0 aliphatic carbocycles. The Bertz CT molecular complexity index is 372.